The average molecular weight is 312 g/mol. The number of nitrogens with zero attached hydrogens (tertiary/aromatic N) is 1. The molecule has 1 fully saturated rings. The predicted octanol–water partition coefficient (Wildman–Crippen LogP) is 4.08. The van der Waals surface area contributed by atoms with Crippen LogP contribution >= 0.6 is 0 Å². The monoisotopic (exact) mass is 312 g/mol. The molecule has 23 heavy (non-hydrogen) atoms. The van der Waals surface area contributed by atoms with Crippen LogP contribution in [0.2, 0.25) is 0 Å². The summed E-state index contributed by atoms with van der Waals surface area (Å²) in [6, 6.07) is 8.00. The smallest absolute Gasteiger partial charge is 0.232 e. The lowest BCUT2D eigenvalue weighted by atomic mass is 9.74. The average Bonchev–Trinajstić information content (AvgIpc) is 2.58. The summed E-state index contributed by atoms with van der Waals surface area (Å²) >= 11 is 0. The van der Waals surface area contributed by atoms with E-state index in [2.05, 4.69) is 10.3 Å². The van der Waals surface area contributed by atoms with Crippen LogP contribution in [0.3, 0.4) is 0 Å². The highest BCUT2D eigenvalue weighted by atomic mass is 16.5. The predicted molar refractivity (Wildman–Crippen MR) is 92.5 cm³/mol. The quantitative estimate of drug-likeness (QED) is 0.925. The van der Waals surface area contributed by atoms with Crippen molar-refractivity contribution in [3.05, 3.63) is 36.0 Å². The normalized spacial score (nSPS) is 17.1. The third-order valence-corrected chi connectivity index (χ3v) is 5.01. The molecule has 1 heterocycles. The number of benzene rings is 1. The number of carbonyl (C=O) groups excluding carboxylic acids is 1. The lowest BCUT2D eigenvalue weighted by Crippen LogP contribution is -2.41. The zero-order valence-electron chi connectivity index (χ0n) is 13.9. The second kappa shape index (κ2) is 6.67. The fraction of sp³-hybridized carbons (Fsp3) is 0.474. The SMILES string of the molecule is COCC1(C(=O)Nc2cnc3ccccc3c2C)CCCCC1. The van der Waals surface area contributed by atoms with Crippen LogP contribution in [0.4, 0.5) is 5.69 Å². The fourth-order valence-electron chi connectivity index (χ4n) is 3.60. The van der Waals surface area contributed by atoms with E-state index in [0.29, 0.717) is 6.61 Å². The Labute approximate surface area is 137 Å². The van der Waals surface area contributed by atoms with Crippen molar-refractivity contribution in [1.82, 2.24) is 4.98 Å². The standard InChI is InChI=1S/C19H24N2O2/c1-14-15-8-4-5-9-16(15)20-12-17(14)21-18(22)19(13-23-2)10-6-3-7-11-19/h4-5,8-9,12H,3,6-7,10-11,13H2,1-2H3,(H,21,22). The minimum Gasteiger partial charge on any atom is -0.384 e. The molecule has 0 radical (unpaired) electrons. The van der Waals surface area contributed by atoms with Gasteiger partial charge in [0, 0.05) is 12.5 Å². The van der Waals surface area contributed by atoms with E-state index in [9.17, 15) is 4.79 Å². The van der Waals surface area contributed by atoms with Crippen LogP contribution in [0.15, 0.2) is 30.5 Å². The van der Waals surface area contributed by atoms with Gasteiger partial charge in [0.1, 0.15) is 0 Å². The van der Waals surface area contributed by atoms with Crippen LogP contribution < -0.4 is 5.32 Å². The largest absolute Gasteiger partial charge is 0.384 e. The van der Waals surface area contributed by atoms with E-state index in [0.717, 1.165) is 47.8 Å². The molecule has 4 heteroatoms. The molecule has 1 aliphatic rings. The molecule has 1 aromatic heterocycles. The van der Waals surface area contributed by atoms with Crippen molar-refractivity contribution >= 4 is 22.5 Å². The molecule has 3 rings (SSSR count). The first-order chi connectivity index (χ1) is 11.2. The van der Waals surface area contributed by atoms with Gasteiger partial charge in [0.25, 0.3) is 0 Å². The second-order valence-electron chi connectivity index (χ2n) is 6.54. The highest BCUT2D eigenvalue weighted by Crippen LogP contribution is 2.38. The van der Waals surface area contributed by atoms with Crippen LogP contribution in [0, 0.1) is 12.3 Å². The number of hydrogen-bond donors (Lipinski definition) is 1. The maximum absolute atomic E-state index is 12.9. The molecule has 1 saturated carbocycles. The molecule has 4 nitrogen and oxygen atoms in total. The van der Waals surface area contributed by atoms with Gasteiger partial charge < -0.3 is 10.1 Å². The van der Waals surface area contributed by atoms with Crippen LogP contribution in [-0.2, 0) is 9.53 Å². The Bertz CT molecular complexity index is 700. The number of aromatic nitrogens is 1. The van der Waals surface area contributed by atoms with Crippen LogP contribution in [0.1, 0.15) is 37.7 Å². The number of para-hydroxylation sites is 1. The summed E-state index contributed by atoms with van der Waals surface area (Å²) in [5.41, 5.74) is 2.42. The molecule has 122 valence electrons. The number of carbonyl (C=O) groups is 1. The summed E-state index contributed by atoms with van der Waals surface area (Å²) in [6.07, 6.45) is 6.94. The number of pyridine rings is 1. The van der Waals surface area contributed by atoms with Crippen molar-refractivity contribution in [3.8, 4) is 0 Å². The third-order valence-electron chi connectivity index (χ3n) is 5.01. The molecule has 1 N–H and O–H groups in total. The lowest BCUT2D eigenvalue weighted by molar-refractivity contribution is -0.131. The van der Waals surface area contributed by atoms with Crippen molar-refractivity contribution in [3.63, 3.8) is 0 Å². The number of methoxy groups -OCH3 is 1. The van der Waals surface area contributed by atoms with Crippen LogP contribution in [0.25, 0.3) is 10.9 Å². The summed E-state index contributed by atoms with van der Waals surface area (Å²) in [5, 5.41) is 4.19. The first kappa shape index (κ1) is 15.9. The zero-order valence-corrected chi connectivity index (χ0v) is 13.9. The molecule has 0 saturated heterocycles. The molecule has 1 amide bonds. The topological polar surface area (TPSA) is 51.2 Å². The van der Waals surface area contributed by atoms with E-state index >= 15 is 0 Å². The highest BCUT2D eigenvalue weighted by molar-refractivity contribution is 5.98. The van der Waals surface area contributed by atoms with E-state index in [4.69, 9.17) is 4.74 Å². The Balaban J connectivity index is 1.88. The Morgan fingerprint density at radius 1 is 1.26 bits per heavy atom. The number of aryl methyl sites for hydroxylation is 1. The Kier molecular flexibility index (Phi) is 4.62. The molecule has 0 unspecified atom stereocenters. The number of ether oxygens (including phenoxy) is 1. The van der Waals surface area contributed by atoms with Gasteiger partial charge in [0.05, 0.1) is 29.4 Å². The highest BCUT2D eigenvalue weighted by Gasteiger charge is 2.39. The molecular formula is C19H24N2O2. The van der Waals surface area contributed by atoms with Crippen molar-refractivity contribution in [2.45, 2.75) is 39.0 Å². The number of amides is 1. The molecule has 0 bridgehead atoms. The minimum absolute atomic E-state index is 0.0687. The zero-order chi connectivity index (χ0) is 16.3. The number of rotatable bonds is 4. The Morgan fingerprint density at radius 2 is 2.00 bits per heavy atom. The van der Waals surface area contributed by atoms with Crippen molar-refractivity contribution in [2.24, 2.45) is 5.41 Å². The molecule has 0 aliphatic heterocycles. The summed E-state index contributed by atoms with van der Waals surface area (Å²) in [7, 11) is 1.67. The molecule has 1 aromatic carbocycles. The van der Waals surface area contributed by atoms with Gasteiger partial charge >= 0.3 is 0 Å². The van der Waals surface area contributed by atoms with Crippen LogP contribution in [-0.4, -0.2) is 24.6 Å². The molecular weight excluding hydrogens is 288 g/mol. The summed E-state index contributed by atoms with van der Waals surface area (Å²) in [6.45, 7) is 2.52. The van der Waals surface area contributed by atoms with E-state index in [-0.39, 0.29) is 5.91 Å². The number of anilines is 1. The first-order valence-electron chi connectivity index (χ1n) is 8.31. The van der Waals surface area contributed by atoms with Crippen molar-refractivity contribution in [1.29, 1.82) is 0 Å². The van der Waals surface area contributed by atoms with Gasteiger partial charge in [-0.15, -0.1) is 0 Å². The summed E-state index contributed by atoms with van der Waals surface area (Å²) in [4.78, 5) is 17.4. The van der Waals surface area contributed by atoms with Gasteiger partial charge in [0.15, 0.2) is 0 Å². The van der Waals surface area contributed by atoms with Crippen molar-refractivity contribution < 1.29 is 9.53 Å². The lowest BCUT2D eigenvalue weighted by Gasteiger charge is -2.35. The Morgan fingerprint density at radius 3 is 2.74 bits per heavy atom. The van der Waals surface area contributed by atoms with E-state index < -0.39 is 5.41 Å². The Hall–Kier alpha value is -1.94. The first-order valence-corrected chi connectivity index (χ1v) is 8.31. The van der Waals surface area contributed by atoms with E-state index in [1.807, 2.05) is 31.2 Å². The molecule has 1 aliphatic carbocycles. The second-order valence-corrected chi connectivity index (χ2v) is 6.54. The molecule has 0 atom stereocenters. The minimum atomic E-state index is -0.398. The van der Waals surface area contributed by atoms with E-state index in [1.165, 1.54) is 6.42 Å². The van der Waals surface area contributed by atoms with Gasteiger partial charge in [-0.3, -0.25) is 9.78 Å². The van der Waals surface area contributed by atoms with E-state index in [1.54, 1.807) is 13.3 Å². The summed E-state index contributed by atoms with van der Waals surface area (Å²) < 4.78 is 5.37. The number of nitrogens with one attached hydrogen (secondary N) is 1. The number of hydrogen-bond acceptors (Lipinski definition) is 3. The van der Waals surface area contributed by atoms with Gasteiger partial charge in [0.2, 0.25) is 5.91 Å². The molecule has 2 aromatic rings. The maximum Gasteiger partial charge on any atom is 0.232 e. The summed E-state index contributed by atoms with van der Waals surface area (Å²) in [5.74, 6) is 0.0687. The molecule has 0 spiro atoms. The number of fused-ring (bicyclic) bond motifs is 1. The maximum atomic E-state index is 12.9. The van der Waals surface area contributed by atoms with Crippen LogP contribution in [0.5, 0.6) is 0 Å². The third kappa shape index (κ3) is 3.08. The fourth-order valence-corrected chi connectivity index (χ4v) is 3.60. The van der Waals surface area contributed by atoms with Crippen molar-refractivity contribution in [2.75, 3.05) is 19.0 Å². The van der Waals surface area contributed by atoms with Gasteiger partial charge in [-0.05, 0) is 31.4 Å². The van der Waals surface area contributed by atoms with Gasteiger partial charge in [-0.25, -0.2) is 0 Å². The van der Waals surface area contributed by atoms with Gasteiger partial charge in [-0.2, -0.15) is 0 Å². The van der Waals surface area contributed by atoms with Gasteiger partial charge in [-0.1, -0.05) is 37.5 Å².